The van der Waals surface area contributed by atoms with Crippen LogP contribution in [0.1, 0.15) is 36.6 Å². The van der Waals surface area contributed by atoms with E-state index in [1.807, 2.05) is 7.05 Å². The van der Waals surface area contributed by atoms with Crippen LogP contribution in [0.3, 0.4) is 0 Å². The third kappa shape index (κ3) is 4.77. The van der Waals surface area contributed by atoms with Crippen molar-refractivity contribution in [2.75, 3.05) is 13.6 Å². The van der Waals surface area contributed by atoms with E-state index in [1.165, 1.54) is 23.3 Å². The van der Waals surface area contributed by atoms with Gasteiger partial charge < -0.3 is 10.2 Å². The first-order valence-corrected chi connectivity index (χ1v) is 7.05. The molecule has 0 spiro atoms. The molecule has 96 valence electrons. The van der Waals surface area contributed by atoms with Gasteiger partial charge in [-0.1, -0.05) is 19.8 Å². The first-order chi connectivity index (χ1) is 8.15. The highest BCUT2D eigenvalue weighted by Gasteiger charge is 2.10. The zero-order valence-corrected chi connectivity index (χ0v) is 11.8. The Morgan fingerprint density at radius 1 is 1.47 bits per heavy atom. The van der Waals surface area contributed by atoms with Gasteiger partial charge in [-0.15, -0.1) is 11.3 Å². The molecule has 0 bridgehead atoms. The second-order valence-electron chi connectivity index (χ2n) is 4.32. The molecule has 3 nitrogen and oxygen atoms in total. The fourth-order valence-corrected chi connectivity index (χ4v) is 2.52. The van der Waals surface area contributed by atoms with Crippen LogP contribution in [0.2, 0.25) is 0 Å². The molecular weight excluding hydrogens is 232 g/mol. The van der Waals surface area contributed by atoms with Crippen molar-refractivity contribution in [3.05, 3.63) is 21.9 Å². The molecule has 2 amide bonds. The van der Waals surface area contributed by atoms with Gasteiger partial charge in [-0.3, -0.25) is 0 Å². The van der Waals surface area contributed by atoms with Crippen LogP contribution < -0.4 is 5.32 Å². The van der Waals surface area contributed by atoms with E-state index < -0.39 is 0 Å². The lowest BCUT2D eigenvalue weighted by Crippen LogP contribution is -2.37. The number of aryl methyl sites for hydroxylation is 1. The minimum atomic E-state index is 0.0221. The number of nitrogens with one attached hydrogen (secondary N) is 1. The molecule has 0 radical (unpaired) electrons. The van der Waals surface area contributed by atoms with E-state index in [-0.39, 0.29) is 6.03 Å². The maximum absolute atomic E-state index is 11.8. The van der Waals surface area contributed by atoms with Gasteiger partial charge in [0, 0.05) is 18.5 Å². The van der Waals surface area contributed by atoms with Gasteiger partial charge in [0.2, 0.25) is 0 Å². The van der Waals surface area contributed by atoms with Gasteiger partial charge >= 0.3 is 6.03 Å². The van der Waals surface area contributed by atoms with Crippen LogP contribution in [0.5, 0.6) is 0 Å². The van der Waals surface area contributed by atoms with Gasteiger partial charge in [0.25, 0.3) is 0 Å². The summed E-state index contributed by atoms with van der Waals surface area (Å²) in [6.45, 7) is 5.72. The van der Waals surface area contributed by atoms with E-state index in [0.717, 1.165) is 13.0 Å². The third-order valence-corrected chi connectivity index (χ3v) is 3.76. The van der Waals surface area contributed by atoms with Crippen molar-refractivity contribution < 1.29 is 4.79 Å². The second kappa shape index (κ2) is 7.33. The molecule has 0 aliphatic rings. The zero-order chi connectivity index (χ0) is 12.7. The summed E-state index contributed by atoms with van der Waals surface area (Å²) >= 11 is 1.71. The highest BCUT2D eigenvalue weighted by atomic mass is 32.1. The Bertz CT molecular complexity index is 349. The van der Waals surface area contributed by atoms with Gasteiger partial charge in [-0.25, -0.2) is 4.79 Å². The number of carbonyl (C=O) groups excluding carboxylic acids is 1. The number of hydrogen-bond acceptors (Lipinski definition) is 2. The molecule has 0 saturated carbocycles. The smallest absolute Gasteiger partial charge is 0.317 e. The van der Waals surface area contributed by atoms with Crippen LogP contribution in [0.4, 0.5) is 4.79 Å². The Labute approximate surface area is 108 Å². The second-order valence-corrected chi connectivity index (χ2v) is 5.32. The number of nitrogens with zero attached hydrogens (tertiary/aromatic N) is 1. The van der Waals surface area contributed by atoms with Gasteiger partial charge in [0.1, 0.15) is 0 Å². The predicted octanol–water partition coefficient (Wildman–Crippen LogP) is 3.39. The van der Waals surface area contributed by atoms with Crippen molar-refractivity contribution in [3.8, 4) is 0 Å². The molecule has 0 saturated heterocycles. The number of thiophene rings is 1. The quantitative estimate of drug-likeness (QED) is 0.775. The number of unbranched alkanes of at least 4 members (excludes halogenated alkanes) is 2. The molecule has 1 aromatic heterocycles. The molecular formula is C13H22N2OS. The van der Waals surface area contributed by atoms with Crippen molar-refractivity contribution in [1.29, 1.82) is 0 Å². The summed E-state index contributed by atoms with van der Waals surface area (Å²) in [5.74, 6) is 0. The molecule has 17 heavy (non-hydrogen) atoms. The minimum Gasteiger partial charge on any atom is -0.338 e. The highest BCUT2D eigenvalue weighted by molar-refractivity contribution is 7.10. The molecule has 0 aromatic carbocycles. The van der Waals surface area contributed by atoms with E-state index in [0.29, 0.717) is 6.54 Å². The predicted molar refractivity (Wildman–Crippen MR) is 73.4 cm³/mol. The zero-order valence-electron chi connectivity index (χ0n) is 11.0. The minimum absolute atomic E-state index is 0.0221. The largest absolute Gasteiger partial charge is 0.338 e. The van der Waals surface area contributed by atoms with Crippen LogP contribution in [0.25, 0.3) is 0 Å². The average molecular weight is 254 g/mol. The van der Waals surface area contributed by atoms with E-state index in [2.05, 4.69) is 30.6 Å². The Balaban J connectivity index is 2.30. The number of hydrogen-bond donors (Lipinski definition) is 1. The summed E-state index contributed by atoms with van der Waals surface area (Å²) in [6.07, 6.45) is 3.42. The molecule has 0 aliphatic carbocycles. The molecule has 1 heterocycles. The number of urea groups is 1. The fourth-order valence-electron chi connectivity index (χ4n) is 1.56. The first-order valence-electron chi connectivity index (χ1n) is 6.17. The number of rotatable bonds is 6. The molecule has 4 heteroatoms. The van der Waals surface area contributed by atoms with Gasteiger partial charge in [-0.05, 0) is 30.4 Å². The van der Waals surface area contributed by atoms with E-state index in [4.69, 9.17) is 0 Å². The molecule has 1 aromatic rings. The monoisotopic (exact) mass is 254 g/mol. The maximum Gasteiger partial charge on any atom is 0.317 e. The molecule has 1 rings (SSSR count). The van der Waals surface area contributed by atoms with Crippen molar-refractivity contribution in [2.24, 2.45) is 0 Å². The molecule has 0 unspecified atom stereocenters. The fraction of sp³-hybridized carbons (Fsp3) is 0.615. The maximum atomic E-state index is 11.8. The van der Waals surface area contributed by atoms with Crippen molar-refractivity contribution in [3.63, 3.8) is 0 Å². The molecule has 0 aliphatic heterocycles. The lowest BCUT2D eigenvalue weighted by Gasteiger charge is -2.17. The van der Waals surface area contributed by atoms with Crippen molar-refractivity contribution >= 4 is 17.4 Å². The van der Waals surface area contributed by atoms with Gasteiger partial charge in [0.05, 0.1) is 6.54 Å². The summed E-state index contributed by atoms with van der Waals surface area (Å²) in [6, 6.07) is 2.11. The van der Waals surface area contributed by atoms with Gasteiger partial charge in [0.15, 0.2) is 0 Å². The molecule has 0 fully saturated rings. The first kappa shape index (κ1) is 14.0. The van der Waals surface area contributed by atoms with Crippen LogP contribution in [0, 0.1) is 6.92 Å². The normalized spacial score (nSPS) is 10.3. The Morgan fingerprint density at radius 2 is 2.24 bits per heavy atom. The highest BCUT2D eigenvalue weighted by Crippen LogP contribution is 2.17. The van der Waals surface area contributed by atoms with Crippen LogP contribution in [0.15, 0.2) is 11.4 Å². The topological polar surface area (TPSA) is 32.3 Å². The lowest BCUT2D eigenvalue weighted by molar-refractivity contribution is 0.207. The summed E-state index contributed by atoms with van der Waals surface area (Å²) in [4.78, 5) is 14.8. The van der Waals surface area contributed by atoms with Crippen LogP contribution in [-0.4, -0.2) is 24.5 Å². The van der Waals surface area contributed by atoms with E-state index in [9.17, 15) is 4.79 Å². The SMILES string of the molecule is CCCCCNC(=O)N(C)Cc1sccc1C. The Kier molecular flexibility index (Phi) is 6.05. The molecule has 1 N–H and O–H groups in total. The standard InChI is InChI=1S/C13H22N2OS/c1-4-5-6-8-14-13(16)15(3)10-12-11(2)7-9-17-12/h7,9H,4-6,8,10H2,1-3H3,(H,14,16). The van der Waals surface area contributed by atoms with Crippen LogP contribution >= 0.6 is 11.3 Å². The van der Waals surface area contributed by atoms with Crippen LogP contribution in [-0.2, 0) is 6.54 Å². The van der Waals surface area contributed by atoms with Crippen molar-refractivity contribution in [2.45, 2.75) is 39.7 Å². The summed E-state index contributed by atoms with van der Waals surface area (Å²) in [5, 5.41) is 5.01. The molecule has 0 atom stereocenters. The van der Waals surface area contributed by atoms with E-state index >= 15 is 0 Å². The summed E-state index contributed by atoms with van der Waals surface area (Å²) in [5.41, 5.74) is 1.26. The Hall–Kier alpha value is -1.03. The van der Waals surface area contributed by atoms with Crippen molar-refractivity contribution in [1.82, 2.24) is 10.2 Å². The number of carbonyl (C=O) groups is 1. The summed E-state index contributed by atoms with van der Waals surface area (Å²) in [7, 11) is 1.84. The van der Waals surface area contributed by atoms with Gasteiger partial charge in [-0.2, -0.15) is 0 Å². The average Bonchev–Trinajstić information content (AvgIpc) is 2.70. The lowest BCUT2D eigenvalue weighted by atomic mass is 10.2. The van der Waals surface area contributed by atoms with E-state index in [1.54, 1.807) is 16.2 Å². The Morgan fingerprint density at radius 3 is 2.82 bits per heavy atom. The third-order valence-electron chi connectivity index (χ3n) is 2.75. The summed E-state index contributed by atoms with van der Waals surface area (Å²) < 4.78 is 0. The number of amides is 2.